The summed E-state index contributed by atoms with van der Waals surface area (Å²) in [5, 5.41) is 3.65. The smallest absolute Gasteiger partial charge is 0.379 e. The van der Waals surface area contributed by atoms with Crippen molar-refractivity contribution in [3.05, 3.63) is 70.2 Å². The van der Waals surface area contributed by atoms with E-state index < -0.39 is 17.2 Å². The van der Waals surface area contributed by atoms with Gasteiger partial charge in [-0.1, -0.05) is 35.9 Å². The number of rotatable bonds is 6. The lowest BCUT2D eigenvalue weighted by Gasteiger charge is -2.35. The fourth-order valence-electron chi connectivity index (χ4n) is 4.16. The van der Waals surface area contributed by atoms with Gasteiger partial charge >= 0.3 is 6.18 Å². The maximum Gasteiger partial charge on any atom is 0.416 e. The van der Waals surface area contributed by atoms with Crippen molar-refractivity contribution in [2.45, 2.75) is 30.5 Å². The quantitative estimate of drug-likeness (QED) is 0.697. The summed E-state index contributed by atoms with van der Waals surface area (Å²) in [5.74, 6) is -0.0695. The summed E-state index contributed by atoms with van der Waals surface area (Å²) >= 11 is 6.11. The lowest BCUT2D eigenvalue weighted by molar-refractivity contribution is -0.137. The third kappa shape index (κ3) is 4.89. The summed E-state index contributed by atoms with van der Waals surface area (Å²) in [6.45, 7) is 2.73. The number of hydrogen-bond donors (Lipinski definition) is 1. The molecule has 1 saturated heterocycles. The minimum Gasteiger partial charge on any atom is -0.379 e. The van der Waals surface area contributed by atoms with Gasteiger partial charge < -0.3 is 10.1 Å². The lowest BCUT2D eigenvalue weighted by Crippen LogP contribution is -2.45. The normalized spacial score (nSPS) is 19.6. The number of carbonyl (C=O) groups is 1. The zero-order valence-corrected chi connectivity index (χ0v) is 17.7. The van der Waals surface area contributed by atoms with E-state index in [2.05, 4.69) is 10.2 Å². The minimum absolute atomic E-state index is 0.0695. The Labute approximate surface area is 184 Å². The maximum atomic E-state index is 13.1. The number of alkyl halides is 3. The number of nitrogens with zero attached hydrogens (tertiary/aromatic N) is 1. The highest BCUT2D eigenvalue weighted by atomic mass is 35.5. The first-order valence-corrected chi connectivity index (χ1v) is 10.7. The second kappa shape index (κ2) is 8.81. The van der Waals surface area contributed by atoms with Crippen molar-refractivity contribution in [3.8, 4) is 0 Å². The molecule has 2 aromatic carbocycles. The summed E-state index contributed by atoms with van der Waals surface area (Å²) < 4.78 is 44.3. The molecular weight excluding hydrogens is 429 g/mol. The lowest BCUT2D eigenvalue weighted by atomic mass is 9.94. The summed E-state index contributed by atoms with van der Waals surface area (Å²) in [5.41, 5.74) is 0.386. The van der Waals surface area contributed by atoms with Gasteiger partial charge in [0.2, 0.25) is 5.91 Å². The molecule has 2 aliphatic rings. The van der Waals surface area contributed by atoms with Crippen molar-refractivity contribution in [3.63, 3.8) is 0 Å². The van der Waals surface area contributed by atoms with E-state index in [1.54, 1.807) is 6.07 Å². The molecule has 1 heterocycles. The molecule has 4 nitrogen and oxygen atoms in total. The summed E-state index contributed by atoms with van der Waals surface area (Å²) in [7, 11) is 0. The van der Waals surface area contributed by atoms with Crippen LogP contribution in [-0.4, -0.2) is 43.7 Å². The van der Waals surface area contributed by atoms with E-state index in [4.69, 9.17) is 16.3 Å². The standard InChI is InChI=1S/C23H24ClF3N2O2/c24-19-3-1-2-18(14-19)22(8-9-22)21(30)28-15-20(29-10-12-31-13-11-29)16-4-6-17(7-5-16)23(25,26)27/h1-7,14,20H,8-13,15H2,(H,28,30). The van der Waals surface area contributed by atoms with Crippen LogP contribution in [0.4, 0.5) is 13.2 Å². The molecule has 31 heavy (non-hydrogen) atoms. The molecule has 0 bridgehead atoms. The molecule has 1 aliphatic heterocycles. The van der Waals surface area contributed by atoms with Gasteiger partial charge in [-0.15, -0.1) is 0 Å². The van der Waals surface area contributed by atoms with Gasteiger partial charge in [0.25, 0.3) is 0 Å². The van der Waals surface area contributed by atoms with Crippen LogP contribution < -0.4 is 5.32 Å². The molecule has 4 rings (SSSR count). The Morgan fingerprint density at radius 1 is 1.13 bits per heavy atom. The molecule has 0 radical (unpaired) electrons. The van der Waals surface area contributed by atoms with E-state index in [9.17, 15) is 18.0 Å². The molecule has 1 atom stereocenters. The molecule has 1 saturated carbocycles. The average molecular weight is 453 g/mol. The highest BCUT2D eigenvalue weighted by molar-refractivity contribution is 6.30. The van der Waals surface area contributed by atoms with Crippen LogP contribution in [0.3, 0.4) is 0 Å². The van der Waals surface area contributed by atoms with Crippen LogP contribution in [0, 0.1) is 0 Å². The second-order valence-corrected chi connectivity index (χ2v) is 8.52. The molecule has 1 N–H and O–H groups in total. The molecule has 1 aliphatic carbocycles. The Kier molecular flexibility index (Phi) is 6.28. The monoisotopic (exact) mass is 452 g/mol. The highest BCUT2D eigenvalue weighted by Gasteiger charge is 2.51. The Hall–Kier alpha value is -2.09. The largest absolute Gasteiger partial charge is 0.416 e. The van der Waals surface area contributed by atoms with Crippen LogP contribution >= 0.6 is 11.6 Å². The van der Waals surface area contributed by atoms with Crippen molar-refractivity contribution >= 4 is 17.5 Å². The third-order valence-electron chi connectivity index (χ3n) is 6.13. The Balaban J connectivity index is 1.51. The van der Waals surface area contributed by atoms with E-state index in [1.807, 2.05) is 18.2 Å². The molecule has 2 aromatic rings. The van der Waals surface area contributed by atoms with Gasteiger partial charge in [-0.2, -0.15) is 13.2 Å². The number of morpholine rings is 1. The molecule has 1 amide bonds. The van der Waals surface area contributed by atoms with Crippen LogP contribution in [0.1, 0.15) is 35.6 Å². The van der Waals surface area contributed by atoms with Crippen molar-refractivity contribution in [2.75, 3.05) is 32.8 Å². The van der Waals surface area contributed by atoms with Gasteiger partial charge in [-0.05, 0) is 48.2 Å². The van der Waals surface area contributed by atoms with Gasteiger partial charge in [-0.3, -0.25) is 9.69 Å². The molecule has 166 valence electrons. The van der Waals surface area contributed by atoms with Crippen LogP contribution in [0.25, 0.3) is 0 Å². The molecule has 0 aromatic heterocycles. The number of carbonyl (C=O) groups excluding carboxylic acids is 1. The van der Waals surface area contributed by atoms with Crippen LogP contribution in [0.2, 0.25) is 5.02 Å². The predicted molar refractivity (Wildman–Crippen MR) is 112 cm³/mol. The highest BCUT2D eigenvalue weighted by Crippen LogP contribution is 2.49. The number of benzene rings is 2. The van der Waals surface area contributed by atoms with Crippen LogP contribution in [-0.2, 0) is 21.1 Å². The number of nitrogens with one attached hydrogen (secondary N) is 1. The SMILES string of the molecule is O=C(NCC(c1ccc(C(F)(F)F)cc1)N1CCOCC1)C1(c2cccc(Cl)c2)CC1. The zero-order chi connectivity index (χ0) is 22.1. The topological polar surface area (TPSA) is 41.6 Å². The number of halogens is 4. The van der Waals surface area contributed by atoms with Crippen LogP contribution in [0.15, 0.2) is 48.5 Å². The van der Waals surface area contributed by atoms with E-state index in [0.717, 1.165) is 36.1 Å². The van der Waals surface area contributed by atoms with E-state index >= 15 is 0 Å². The molecule has 0 spiro atoms. The number of amides is 1. The van der Waals surface area contributed by atoms with Gasteiger partial charge in [0.05, 0.1) is 30.2 Å². The summed E-state index contributed by atoms with van der Waals surface area (Å²) in [4.78, 5) is 15.2. The van der Waals surface area contributed by atoms with Gasteiger partial charge in [0.1, 0.15) is 0 Å². The molecule has 8 heteroatoms. The first-order chi connectivity index (χ1) is 14.8. The average Bonchev–Trinajstić information content (AvgIpc) is 3.56. The van der Waals surface area contributed by atoms with E-state index in [-0.39, 0.29) is 11.9 Å². The predicted octanol–water partition coefficient (Wildman–Crippen LogP) is 4.58. The zero-order valence-electron chi connectivity index (χ0n) is 16.9. The minimum atomic E-state index is -4.38. The number of hydrogen-bond acceptors (Lipinski definition) is 3. The fourth-order valence-corrected chi connectivity index (χ4v) is 4.35. The number of ether oxygens (including phenoxy) is 1. The van der Waals surface area contributed by atoms with Crippen molar-refractivity contribution in [2.24, 2.45) is 0 Å². The second-order valence-electron chi connectivity index (χ2n) is 8.09. The fraction of sp³-hybridized carbons (Fsp3) is 0.435. The van der Waals surface area contributed by atoms with Gasteiger partial charge in [-0.25, -0.2) is 0 Å². The van der Waals surface area contributed by atoms with Crippen LogP contribution in [0.5, 0.6) is 0 Å². The third-order valence-corrected chi connectivity index (χ3v) is 6.36. The van der Waals surface area contributed by atoms with Crippen molar-refractivity contribution in [1.29, 1.82) is 0 Å². The first-order valence-electron chi connectivity index (χ1n) is 10.3. The van der Waals surface area contributed by atoms with Gasteiger partial charge in [0.15, 0.2) is 0 Å². The first kappa shape index (κ1) is 22.1. The van der Waals surface area contributed by atoms with Crippen molar-refractivity contribution < 1.29 is 22.7 Å². The molecule has 1 unspecified atom stereocenters. The maximum absolute atomic E-state index is 13.1. The molecular formula is C23H24ClF3N2O2. The Morgan fingerprint density at radius 3 is 2.39 bits per heavy atom. The van der Waals surface area contributed by atoms with E-state index in [1.165, 1.54) is 12.1 Å². The molecule has 2 fully saturated rings. The Morgan fingerprint density at radius 2 is 1.81 bits per heavy atom. The van der Waals surface area contributed by atoms with Gasteiger partial charge in [0, 0.05) is 24.7 Å². The van der Waals surface area contributed by atoms with Crippen molar-refractivity contribution in [1.82, 2.24) is 10.2 Å². The van der Waals surface area contributed by atoms with E-state index in [0.29, 0.717) is 37.9 Å². The Bertz CT molecular complexity index is 923. The summed E-state index contributed by atoms with van der Waals surface area (Å²) in [6.07, 6.45) is -2.88. The summed E-state index contributed by atoms with van der Waals surface area (Å²) in [6, 6.07) is 12.3.